The number of carbonyl (C=O) groups is 12. The van der Waals surface area contributed by atoms with Crippen LogP contribution in [0.4, 0.5) is 158 Å². The molecule has 0 amide bonds. The fraction of sp³-hybridized carbons (Fsp3) is 0.812. The molecule has 0 N–H and O–H groups in total. The average Bonchev–Trinajstić information content (AvgIpc) is 0.723. The number of ketones is 12. The Balaban J connectivity index is -0.000000145. The monoisotopic (exact) mass is 1970 g/mol. The highest BCUT2D eigenvalue weighted by atomic mass is 32.2. The Labute approximate surface area is 682 Å². The van der Waals surface area contributed by atoms with Crippen LogP contribution in [0.25, 0.3) is 0 Å². The SMILES string of the molecule is CC(=O)CC(=O)C(F)(F)F.CC(=O)CC(=O)CC(F)(F)F.CC(=O)CCC(F)(F)F.CC(=O)CCCCC(F)(F)F.CC(=O)CCCCCCCC(F)(F)F.CC(=O)CCCCCCCCC(F)(F)F.CC(=O)CS(=O)(=O)C(F)(F)C(F)(F)C(F)(F)C(F)(F)F.CC(=O)CS(=O)(=O)C(F)(F)F.CC(=O)CS(=O)(=O)CC(F)(F)F.CC(=O)CS(=O)C(F)(F)F. The third-order valence-electron chi connectivity index (χ3n) is 11.8. The van der Waals surface area contributed by atoms with Gasteiger partial charge >= 0.3 is 77.5 Å². The maximum absolute atomic E-state index is 12.9. The Bertz CT molecular complexity index is 3530. The minimum absolute atomic E-state index is 0.0489. The van der Waals surface area contributed by atoms with Gasteiger partial charge in [-0.2, -0.15) is 158 Å². The van der Waals surface area contributed by atoms with E-state index in [2.05, 4.69) is 0 Å². The largest absolute Gasteiger partial charge is 0.497 e. The second kappa shape index (κ2) is 61.1. The molecule has 0 aliphatic heterocycles. The molecular weight excluding hydrogens is 1880 g/mol. The number of halogens is 36. The molecule has 0 saturated carbocycles. The highest BCUT2D eigenvalue weighted by molar-refractivity contribution is 7.93. The molecule has 0 bridgehead atoms. The van der Waals surface area contributed by atoms with E-state index in [-0.39, 0.29) is 43.0 Å². The minimum atomic E-state index is -7.31. The first kappa shape index (κ1) is 137. The Morgan fingerprint density at radius 2 is 0.553 bits per heavy atom. The molecule has 0 heterocycles. The van der Waals surface area contributed by atoms with Crippen LogP contribution < -0.4 is 0 Å². The maximum Gasteiger partial charge on any atom is 0.497 e. The maximum atomic E-state index is 12.9. The summed E-state index contributed by atoms with van der Waals surface area (Å²) in [6.45, 7) is 10.6. The van der Waals surface area contributed by atoms with Crippen LogP contribution in [-0.2, 0) is 97.8 Å². The van der Waals surface area contributed by atoms with Crippen LogP contribution in [0, 0.1) is 0 Å². The van der Waals surface area contributed by atoms with E-state index in [0.29, 0.717) is 39.0 Å². The van der Waals surface area contributed by atoms with Crippen molar-refractivity contribution in [3.05, 3.63) is 0 Å². The van der Waals surface area contributed by atoms with Crippen molar-refractivity contribution >= 4 is 110 Å². The van der Waals surface area contributed by atoms with Crippen molar-refractivity contribution in [2.24, 2.45) is 0 Å². The van der Waals surface area contributed by atoms with Gasteiger partial charge in [0.25, 0.3) is 9.84 Å². The van der Waals surface area contributed by atoms with Gasteiger partial charge in [-0.3, -0.25) is 42.6 Å². The molecule has 0 radical (unpaired) electrons. The lowest BCUT2D eigenvalue weighted by Gasteiger charge is -2.32. The van der Waals surface area contributed by atoms with E-state index < -0.39 is 250 Å². The molecule has 1 unspecified atom stereocenters. The summed E-state index contributed by atoms with van der Waals surface area (Å²) in [6, 6.07) is 0. The van der Waals surface area contributed by atoms with E-state index in [9.17, 15) is 245 Å². The first-order valence-electron chi connectivity index (χ1n) is 33.7. The van der Waals surface area contributed by atoms with E-state index in [4.69, 9.17) is 0 Å². The third kappa shape index (κ3) is 94.5. The zero-order chi connectivity index (χ0) is 101. The van der Waals surface area contributed by atoms with Gasteiger partial charge in [-0.25, -0.2) is 25.3 Å². The summed E-state index contributed by atoms with van der Waals surface area (Å²) in [4.78, 5) is 122. The highest BCUT2D eigenvalue weighted by Gasteiger charge is 2.85. The molecule has 0 aliphatic carbocycles. The summed E-state index contributed by atoms with van der Waals surface area (Å²) in [5.41, 5.74) is -10.1. The summed E-state index contributed by atoms with van der Waals surface area (Å²) < 4.78 is 493. The van der Waals surface area contributed by atoms with Crippen molar-refractivity contribution in [3.8, 4) is 0 Å². The molecule has 1 atom stereocenters. The molecule has 0 fully saturated rings. The third-order valence-corrected chi connectivity index (χ3v) is 18.0. The summed E-state index contributed by atoms with van der Waals surface area (Å²) >= 11 is 0. The first-order chi connectivity index (χ1) is 53.9. The van der Waals surface area contributed by atoms with E-state index in [1.54, 1.807) is 6.92 Å². The Morgan fingerprint density at radius 3 is 0.748 bits per heavy atom. The normalized spacial score (nSPS) is 12.7. The number of hydrogen-bond acceptors (Lipinski definition) is 19. The molecule has 0 saturated heterocycles. The number of carbonyl (C=O) groups excluding carboxylic acids is 12. The Hall–Kier alpha value is -6.48. The van der Waals surface area contributed by atoms with Crippen molar-refractivity contribution in [3.63, 3.8) is 0 Å². The van der Waals surface area contributed by atoms with Crippen LogP contribution in [0.1, 0.15) is 223 Å². The molecule has 59 heteroatoms. The van der Waals surface area contributed by atoms with Crippen LogP contribution in [0.15, 0.2) is 0 Å². The molecule has 734 valence electrons. The first-order valence-corrected chi connectivity index (χ1v) is 40.1. The molecule has 0 aliphatic rings. The van der Waals surface area contributed by atoms with Gasteiger partial charge in [0, 0.05) is 44.9 Å². The Morgan fingerprint density at radius 1 is 0.276 bits per heavy atom. The average molecular weight is 1970 g/mol. The second-order valence-electron chi connectivity index (χ2n) is 25.4. The van der Waals surface area contributed by atoms with Crippen molar-refractivity contribution in [1.82, 2.24) is 0 Å². The number of rotatable bonds is 38. The lowest BCUT2D eigenvalue weighted by Crippen LogP contribution is -2.63. The lowest BCUT2D eigenvalue weighted by molar-refractivity contribution is -0.382. The predicted molar refractivity (Wildman–Crippen MR) is 362 cm³/mol. The van der Waals surface area contributed by atoms with E-state index in [1.807, 2.05) is 0 Å². The summed E-state index contributed by atoms with van der Waals surface area (Å²) in [5.74, 6) is -31.0. The molecule has 0 aromatic carbocycles. The second-order valence-corrected chi connectivity index (χ2v) is 32.9. The standard InChI is InChI=1S/C11H19F3O.C10H17F3O.C7H5F9O3S.C7H11F3O.C6H7F3O2.C5H7F3O3S.C5H5F3O2.C5H7F3O.C4H5F3O3S.C4H5F3O2S/c1-10(15)8-6-4-2-3-5-7-9-11(12,13)14;1-9(14)7-5-3-2-4-6-8-10(11,12)13;1-3(17)2-20(18,19)7(15,16)5(10,11)4(8,9)6(12,13)14;1-6(11)4-2-3-5-7(8,9)10;1-4(10)2-5(11)3-6(7,8)9;1-4(9)2-12(10,11)3-5(6,7)8;1-3(9)2-4(10)5(6,7)8;1-4(9)2-3-5(6,7)8;1-3(8)2-11(9,10)4(5,6)7;1-3(8)2-10(9)4(5,6)7/h2-9H2,1H3;2-8H2,1H3;2H2,1H3;2-5H2,1H3;2-3H2,1H3;2-3H2,1H3;2H2,1H3;2-3H2,1H3;2H2,1H3;2H2,1H3. The fourth-order valence-electron chi connectivity index (χ4n) is 6.68. The van der Waals surface area contributed by atoms with Gasteiger partial charge in [0.2, 0.25) is 15.6 Å². The quantitative estimate of drug-likeness (QED) is 0.0315. The van der Waals surface area contributed by atoms with Crippen molar-refractivity contribution in [2.45, 2.75) is 301 Å². The topological polar surface area (TPSA) is 324 Å². The fourth-order valence-corrected chi connectivity index (χ4v) is 10.4. The smallest absolute Gasteiger partial charge is 0.300 e. The molecular formula is C64H88F36O19S4. The van der Waals surface area contributed by atoms with Crippen LogP contribution in [0.2, 0.25) is 0 Å². The van der Waals surface area contributed by atoms with E-state index in [0.717, 1.165) is 86.5 Å². The van der Waals surface area contributed by atoms with Gasteiger partial charge in [0.05, 0.1) is 25.0 Å². The van der Waals surface area contributed by atoms with Crippen LogP contribution >= 0.6 is 0 Å². The number of hydrogen-bond donors (Lipinski definition) is 0. The molecule has 0 spiro atoms. The zero-order valence-corrected chi connectivity index (χ0v) is 69.3. The van der Waals surface area contributed by atoms with E-state index in [1.165, 1.54) is 13.8 Å². The zero-order valence-electron chi connectivity index (χ0n) is 66.0. The lowest BCUT2D eigenvalue weighted by atomic mass is 10.1. The van der Waals surface area contributed by atoms with Crippen LogP contribution in [0.5, 0.6) is 0 Å². The van der Waals surface area contributed by atoms with Crippen molar-refractivity contribution < 1.29 is 245 Å². The summed E-state index contributed by atoms with van der Waals surface area (Å²) in [5, 5.41) is -6.79. The minimum Gasteiger partial charge on any atom is -0.300 e. The van der Waals surface area contributed by atoms with Gasteiger partial charge in [0.1, 0.15) is 104 Å². The van der Waals surface area contributed by atoms with Gasteiger partial charge in [-0.1, -0.05) is 44.9 Å². The van der Waals surface area contributed by atoms with Gasteiger partial charge in [0.15, 0.2) is 9.84 Å². The van der Waals surface area contributed by atoms with Gasteiger partial charge in [-0.05, 0) is 108 Å². The number of unbranched alkanes of at least 4 members (excludes halogenated alkanes) is 10. The molecule has 0 aromatic heterocycles. The summed E-state index contributed by atoms with van der Waals surface area (Å²) in [7, 11) is -19.1. The predicted octanol–water partition coefficient (Wildman–Crippen LogP) is 19.6. The molecule has 0 aromatic rings. The van der Waals surface area contributed by atoms with Crippen LogP contribution in [0.3, 0.4) is 0 Å². The Kier molecular flexibility index (Phi) is 68.0. The van der Waals surface area contributed by atoms with Gasteiger partial charge < -0.3 is 19.2 Å². The van der Waals surface area contributed by atoms with Crippen molar-refractivity contribution in [2.75, 3.05) is 28.8 Å². The molecule has 0 rings (SSSR count). The van der Waals surface area contributed by atoms with Crippen molar-refractivity contribution in [1.29, 1.82) is 0 Å². The highest BCUT2D eigenvalue weighted by Crippen LogP contribution is 2.55. The number of Topliss-reactive ketones (excluding diaryl/α,β-unsaturated/α-hetero) is 12. The number of alkyl halides is 36. The van der Waals surface area contributed by atoms with E-state index >= 15 is 0 Å². The summed E-state index contributed by atoms with van der Waals surface area (Å²) in [6.07, 6.45) is -34.7. The van der Waals surface area contributed by atoms with Gasteiger partial charge in [-0.15, -0.1) is 0 Å². The molecule has 123 heavy (non-hydrogen) atoms. The number of sulfone groups is 3. The molecule has 19 nitrogen and oxygen atoms in total. The van der Waals surface area contributed by atoms with Crippen LogP contribution in [-0.4, -0.2) is 205 Å².